The van der Waals surface area contributed by atoms with Crippen LogP contribution in [0.1, 0.15) is 25.8 Å². The molecule has 2 N–H and O–H groups in total. The summed E-state index contributed by atoms with van der Waals surface area (Å²) in [6, 6.07) is 14.6. The van der Waals surface area contributed by atoms with Crippen LogP contribution in [0.15, 0.2) is 67.1 Å². The molecule has 0 unspecified atom stereocenters. The summed E-state index contributed by atoms with van der Waals surface area (Å²) < 4.78 is 13.1. The fourth-order valence-corrected chi connectivity index (χ4v) is 4.13. The van der Waals surface area contributed by atoms with Crippen molar-refractivity contribution in [2.75, 3.05) is 10.6 Å². The molecule has 0 aliphatic rings. The minimum Gasteiger partial charge on any atom is -0.308 e. The van der Waals surface area contributed by atoms with Crippen molar-refractivity contribution < 1.29 is 9.18 Å². The van der Waals surface area contributed by atoms with Gasteiger partial charge in [0.1, 0.15) is 17.8 Å². The number of carbonyl (C=O) groups is 1. The molecule has 0 saturated carbocycles. The fraction of sp³-hybridized carbons (Fsp3) is 0.167. The number of halogens is 1. The van der Waals surface area contributed by atoms with E-state index >= 15 is 0 Å². The van der Waals surface area contributed by atoms with Crippen molar-refractivity contribution in [1.29, 1.82) is 0 Å². The molecule has 0 radical (unpaired) electrons. The normalized spacial score (nSPS) is 11.2. The third kappa shape index (κ3) is 4.97. The lowest BCUT2D eigenvalue weighted by molar-refractivity contribution is 0.262. The summed E-state index contributed by atoms with van der Waals surface area (Å²) in [4.78, 5) is 26.6. The van der Waals surface area contributed by atoms with E-state index in [0.717, 1.165) is 26.8 Å². The lowest BCUT2D eigenvalue weighted by Crippen LogP contribution is -2.19. The van der Waals surface area contributed by atoms with Crippen molar-refractivity contribution in [3.8, 4) is 21.8 Å². The molecule has 2 amide bonds. The van der Waals surface area contributed by atoms with Gasteiger partial charge in [-0.3, -0.25) is 0 Å². The third-order valence-electron chi connectivity index (χ3n) is 4.58. The molecule has 0 atom stereocenters. The van der Waals surface area contributed by atoms with Crippen LogP contribution in [-0.4, -0.2) is 21.0 Å². The lowest BCUT2D eigenvalue weighted by atomic mass is 9.98. The van der Waals surface area contributed by atoms with E-state index in [9.17, 15) is 9.18 Å². The summed E-state index contributed by atoms with van der Waals surface area (Å²) in [5.41, 5.74) is 3.47. The van der Waals surface area contributed by atoms with Crippen LogP contribution in [-0.2, 0) is 5.41 Å². The number of anilines is 2. The first-order chi connectivity index (χ1) is 15.3. The number of benzene rings is 2. The third-order valence-corrected chi connectivity index (χ3v) is 6.11. The number of aromatic nitrogens is 3. The van der Waals surface area contributed by atoms with Gasteiger partial charge in [0.15, 0.2) is 0 Å². The highest BCUT2D eigenvalue weighted by molar-refractivity contribution is 7.15. The van der Waals surface area contributed by atoms with Gasteiger partial charge in [0, 0.05) is 23.0 Å². The SMILES string of the molecule is CC(C)(C)c1nc(-c2ccncn2)c(-c2cccc(NC(=O)Nc3ccc(F)cc3)c2)s1. The van der Waals surface area contributed by atoms with E-state index < -0.39 is 6.03 Å². The topological polar surface area (TPSA) is 79.8 Å². The van der Waals surface area contributed by atoms with Crippen LogP contribution in [0.2, 0.25) is 0 Å². The number of hydrogen-bond acceptors (Lipinski definition) is 5. The molecule has 0 saturated heterocycles. The quantitative estimate of drug-likeness (QED) is 0.382. The lowest BCUT2D eigenvalue weighted by Gasteiger charge is -2.13. The number of urea groups is 1. The highest BCUT2D eigenvalue weighted by Gasteiger charge is 2.23. The fourth-order valence-electron chi connectivity index (χ4n) is 3.01. The number of hydrogen-bond donors (Lipinski definition) is 2. The Morgan fingerprint density at radius 3 is 2.44 bits per heavy atom. The Bertz CT molecular complexity index is 1230. The second kappa shape index (κ2) is 8.84. The van der Waals surface area contributed by atoms with E-state index in [0.29, 0.717) is 11.4 Å². The zero-order chi connectivity index (χ0) is 22.7. The number of nitrogens with one attached hydrogen (secondary N) is 2. The number of carbonyl (C=O) groups excluding carboxylic acids is 1. The molecule has 8 heteroatoms. The van der Waals surface area contributed by atoms with Gasteiger partial charge in [-0.2, -0.15) is 0 Å². The molecule has 4 aromatic rings. The van der Waals surface area contributed by atoms with Crippen molar-refractivity contribution in [3.63, 3.8) is 0 Å². The van der Waals surface area contributed by atoms with Crippen LogP contribution in [0.4, 0.5) is 20.6 Å². The van der Waals surface area contributed by atoms with Crippen molar-refractivity contribution in [2.24, 2.45) is 0 Å². The maximum Gasteiger partial charge on any atom is 0.323 e. The second-order valence-corrected chi connectivity index (χ2v) is 9.21. The van der Waals surface area contributed by atoms with Gasteiger partial charge in [0.25, 0.3) is 0 Å². The van der Waals surface area contributed by atoms with E-state index in [4.69, 9.17) is 4.98 Å². The smallest absolute Gasteiger partial charge is 0.308 e. The van der Waals surface area contributed by atoms with Crippen LogP contribution in [0.5, 0.6) is 0 Å². The van der Waals surface area contributed by atoms with Crippen molar-refractivity contribution in [3.05, 3.63) is 77.9 Å². The van der Waals surface area contributed by atoms with Crippen molar-refractivity contribution >= 4 is 28.7 Å². The molecular formula is C24H22FN5OS. The molecule has 162 valence electrons. The van der Waals surface area contributed by atoms with Crippen LogP contribution in [0, 0.1) is 5.82 Å². The van der Waals surface area contributed by atoms with E-state index in [2.05, 4.69) is 41.4 Å². The molecule has 4 rings (SSSR count). The highest BCUT2D eigenvalue weighted by Crippen LogP contribution is 2.40. The second-order valence-electron chi connectivity index (χ2n) is 8.21. The number of rotatable bonds is 4. The minimum atomic E-state index is -0.413. The van der Waals surface area contributed by atoms with Gasteiger partial charge >= 0.3 is 6.03 Å². The van der Waals surface area contributed by atoms with Crippen LogP contribution in [0.3, 0.4) is 0 Å². The van der Waals surface area contributed by atoms with Gasteiger partial charge in [-0.25, -0.2) is 24.1 Å². The van der Waals surface area contributed by atoms with E-state index in [1.165, 1.54) is 30.6 Å². The molecule has 2 aromatic carbocycles. The first-order valence-electron chi connectivity index (χ1n) is 10.0. The van der Waals surface area contributed by atoms with Crippen LogP contribution >= 0.6 is 11.3 Å². The molecule has 0 bridgehead atoms. The summed E-state index contributed by atoms with van der Waals surface area (Å²) in [7, 11) is 0. The van der Waals surface area contributed by atoms with E-state index in [1.54, 1.807) is 17.5 Å². The molecular weight excluding hydrogens is 425 g/mol. The maximum atomic E-state index is 13.1. The molecule has 2 aromatic heterocycles. The van der Waals surface area contributed by atoms with Gasteiger partial charge in [-0.05, 0) is 48.0 Å². The van der Waals surface area contributed by atoms with Crippen molar-refractivity contribution in [2.45, 2.75) is 26.2 Å². The number of thiazole rings is 1. The maximum absolute atomic E-state index is 13.1. The summed E-state index contributed by atoms with van der Waals surface area (Å²) in [6.07, 6.45) is 3.20. The van der Waals surface area contributed by atoms with Gasteiger partial charge in [0.05, 0.1) is 15.6 Å². The molecule has 2 heterocycles. The van der Waals surface area contributed by atoms with Gasteiger partial charge in [0.2, 0.25) is 0 Å². The van der Waals surface area contributed by atoms with Crippen LogP contribution < -0.4 is 10.6 Å². The monoisotopic (exact) mass is 447 g/mol. The Kier molecular flexibility index (Phi) is 5.96. The van der Waals surface area contributed by atoms with Gasteiger partial charge in [-0.1, -0.05) is 32.9 Å². The van der Waals surface area contributed by atoms with Crippen molar-refractivity contribution in [1.82, 2.24) is 15.0 Å². The first-order valence-corrected chi connectivity index (χ1v) is 10.8. The predicted molar refractivity (Wildman–Crippen MR) is 126 cm³/mol. The Labute approximate surface area is 189 Å². The summed E-state index contributed by atoms with van der Waals surface area (Å²) in [6.45, 7) is 6.37. The summed E-state index contributed by atoms with van der Waals surface area (Å²) in [5, 5.41) is 6.51. The Morgan fingerprint density at radius 1 is 1.00 bits per heavy atom. The van der Waals surface area contributed by atoms with E-state index in [-0.39, 0.29) is 11.2 Å². The molecule has 32 heavy (non-hydrogen) atoms. The number of amides is 2. The standard InChI is InChI=1S/C24H22FN5OS/c1-24(2,3)22-30-20(19-11-12-26-14-27-19)21(32-22)15-5-4-6-18(13-15)29-23(31)28-17-9-7-16(25)8-10-17/h4-14H,1-3H3,(H2,28,29,31). The zero-order valence-corrected chi connectivity index (χ0v) is 18.7. The molecule has 0 aliphatic heterocycles. The predicted octanol–water partition coefficient (Wildman–Crippen LogP) is 6.35. The van der Waals surface area contributed by atoms with Gasteiger partial charge in [-0.15, -0.1) is 11.3 Å². The Hall–Kier alpha value is -3.65. The van der Waals surface area contributed by atoms with E-state index in [1.807, 2.05) is 30.3 Å². The van der Waals surface area contributed by atoms with Crippen LogP contribution in [0.25, 0.3) is 21.8 Å². The zero-order valence-electron chi connectivity index (χ0n) is 17.9. The molecule has 6 nitrogen and oxygen atoms in total. The average molecular weight is 448 g/mol. The average Bonchev–Trinajstić information content (AvgIpc) is 3.22. The number of nitrogens with zero attached hydrogens (tertiary/aromatic N) is 3. The Balaban J connectivity index is 1.63. The first kappa shape index (κ1) is 21.6. The molecule has 0 aliphatic carbocycles. The minimum absolute atomic E-state index is 0.115. The highest BCUT2D eigenvalue weighted by atomic mass is 32.1. The molecule has 0 spiro atoms. The van der Waals surface area contributed by atoms with Gasteiger partial charge < -0.3 is 10.6 Å². The summed E-state index contributed by atoms with van der Waals surface area (Å²) >= 11 is 1.61. The Morgan fingerprint density at radius 2 is 1.75 bits per heavy atom. The molecule has 0 fully saturated rings. The largest absolute Gasteiger partial charge is 0.323 e. The summed E-state index contributed by atoms with van der Waals surface area (Å²) in [5.74, 6) is -0.359.